The van der Waals surface area contributed by atoms with Gasteiger partial charge in [-0.25, -0.2) is 13.1 Å². The van der Waals surface area contributed by atoms with Crippen LogP contribution in [0.2, 0.25) is 0 Å². The largest absolute Gasteiger partial charge is 0.468 e. The molecule has 2 aromatic carbocycles. The van der Waals surface area contributed by atoms with Gasteiger partial charge in [0.15, 0.2) is 0 Å². The molecule has 7 nitrogen and oxygen atoms in total. The van der Waals surface area contributed by atoms with Gasteiger partial charge in [0, 0.05) is 17.9 Å². The Morgan fingerprint density at radius 1 is 1.12 bits per heavy atom. The zero-order valence-corrected chi connectivity index (χ0v) is 18.7. The maximum absolute atomic E-state index is 12.9. The fourth-order valence-electron chi connectivity index (χ4n) is 3.24. The molecule has 1 fully saturated rings. The quantitative estimate of drug-likeness (QED) is 0.477. The number of ether oxygens (including phenoxy) is 1. The van der Waals surface area contributed by atoms with Crippen LogP contribution in [-0.2, 0) is 27.9 Å². The Morgan fingerprint density at radius 2 is 1.97 bits per heavy atom. The second kappa shape index (κ2) is 9.68. The Labute approximate surface area is 187 Å². The predicted molar refractivity (Wildman–Crippen MR) is 121 cm³/mol. The highest BCUT2D eigenvalue weighted by Crippen LogP contribution is 2.29. The smallest absolute Gasteiger partial charge is 0.255 e. The Morgan fingerprint density at radius 3 is 2.72 bits per heavy atom. The lowest BCUT2D eigenvalue weighted by Crippen LogP contribution is -2.24. The first kappa shape index (κ1) is 22.3. The Hall–Kier alpha value is -2.94. The highest BCUT2D eigenvalue weighted by molar-refractivity contribution is 7.89. The van der Waals surface area contributed by atoms with E-state index in [-0.39, 0.29) is 17.3 Å². The summed E-state index contributed by atoms with van der Waals surface area (Å²) < 4.78 is 38.7. The lowest BCUT2D eigenvalue weighted by molar-refractivity contribution is 0.102. The van der Waals surface area contributed by atoms with Crippen LogP contribution in [0.15, 0.2) is 70.2 Å². The van der Waals surface area contributed by atoms with E-state index in [2.05, 4.69) is 10.0 Å². The van der Waals surface area contributed by atoms with Gasteiger partial charge in [0.05, 0.1) is 24.3 Å². The summed E-state index contributed by atoms with van der Waals surface area (Å²) in [4.78, 5) is 12.9. The summed E-state index contributed by atoms with van der Waals surface area (Å²) >= 11 is 0. The van der Waals surface area contributed by atoms with Crippen LogP contribution in [0.3, 0.4) is 0 Å². The monoisotopic (exact) mass is 454 g/mol. The topological polar surface area (TPSA) is 97.6 Å². The summed E-state index contributed by atoms with van der Waals surface area (Å²) in [6.45, 7) is 3.06. The van der Waals surface area contributed by atoms with E-state index in [4.69, 9.17) is 9.15 Å². The minimum Gasteiger partial charge on any atom is -0.468 e. The van der Waals surface area contributed by atoms with Crippen molar-refractivity contribution in [2.75, 3.05) is 11.9 Å². The molecule has 0 atom stereocenters. The van der Waals surface area contributed by atoms with Gasteiger partial charge >= 0.3 is 0 Å². The number of hydrogen-bond acceptors (Lipinski definition) is 5. The standard InChI is InChI=1S/C24H26N2O5S/c1-17-7-10-22(32(28,29)25-14-21-6-3-11-31-21)13-23(17)24(27)26-20-5-2-4-19(12-20)16-30-15-18-8-9-18/h2-7,10-13,18,25H,8-9,14-16H2,1H3,(H,26,27). The van der Waals surface area contributed by atoms with Crippen LogP contribution in [0.1, 0.15) is 40.1 Å². The summed E-state index contributed by atoms with van der Waals surface area (Å²) in [5.74, 6) is 0.819. The fourth-order valence-corrected chi connectivity index (χ4v) is 4.26. The van der Waals surface area contributed by atoms with E-state index in [1.165, 1.54) is 31.2 Å². The summed E-state index contributed by atoms with van der Waals surface area (Å²) in [6, 6.07) is 15.3. The first-order chi connectivity index (χ1) is 15.4. The summed E-state index contributed by atoms with van der Waals surface area (Å²) in [7, 11) is -3.81. The number of carbonyl (C=O) groups excluding carboxylic acids is 1. The molecule has 4 rings (SSSR count). The molecule has 2 N–H and O–H groups in total. The van der Waals surface area contributed by atoms with Gasteiger partial charge in [0.25, 0.3) is 5.91 Å². The van der Waals surface area contributed by atoms with E-state index in [9.17, 15) is 13.2 Å². The van der Waals surface area contributed by atoms with Crippen molar-refractivity contribution >= 4 is 21.6 Å². The molecule has 1 heterocycles. The summed E-state index contributed by atoms with van der Waals surface area (Å²) in [5.41, 5.74) is 2.57. The minimum atomic E-state index is -3.81. The van der Waals surface area contributed by atoms with Crippen molar-refractivity contribution in [3.8, 4) is 0 Å². The third kappa shape index (κ3) is 5.85. The third-order valence-electron chi connectivity index (χ3n) is 5.28. The molecule has 3 aromatic rings. The summed E-state index contributed by atoms with van der Waals surface area (Å²) in [6.07, 6.45) is 3.96. The molecule has 0 spiro atoms. The lowest BCUT2D eigenvalue weighted by atomic mass is 10.1. The van der Waals surface area contributed by atoms with Crippen LogP contribution < -0.4 is 10.0 Å². The number of aryl methyl sites for hydroxylation is 1. The van der Waals surface area contributed by atoms with Gasteiger partial charge in [-0.1, -0.05) is 18.2 Å². The van der Waals surface area contributed by atoms with Crippen LogP contribution in [0, 0.1) is 12.8 Å². The van der Waals surface area contributed by atoms with Gasteiger partial charge in [-0.05, 0) is 73.2 Å². The first-order valence-electron chi connectivity index (χ1n) is 10.5. The number of carbonyl (C=O) groups is 1. The maximum Gasteiger partial charge on any atom is 0.255 e. The van der Waals surface area contributed by atoms with Gasteiger partial charge in [-0.3, -0.25) is 4.79 Å². The van der Waals surface area contributed by atoms with Gasteiger partial charge in [-0.2, -0.15) is 0 Å². The molecule has 1 aliphatic rings. The number of furan rings is 1. The van der Waals surface area contributed by atoms with Crippen molar-refractivity contribution in [1.29, 1.82) is 0 Å². The van der Waals surface area contributed by atoms with Crippen molar-refractivity contribution in [3.05, 3.63) is 83.3 Å². The van der Waals surface area contributed by atoms with Gasteiger partial charge in [0.2, 0.25) is 10.0 Å². The van der Waals surface area contributed by atoms with E-state index in [0.29, 0.717) is 35.1 Å². The van der Waals surface area contributed by atoms with E-state index >= 15 is 0 Å². The fraction of sp³-hybridized carbons (Fsp3) is 0.292. The molecule has 1 aliphatic carbocycles. The molecule has 1 aromatic heterocycles. The molecular weight excluding hydrogens is 428 g/mol. The van der Waals surface area contributed by atoms with E-state index < -0.39 is 10.0 Å². The molecule has 32 heavy (non-hydrogen) atoms. The number of rotatable bonds is 10. The average molecular weight is 455 g/mol. The highest BCUT2D eigenvalue weighted by Gasteiger charge is 2.21. The minimum absolute atomic E-state index is 0.0158. The molecule has 0 radical (unpaired) electrons. The van der Waals surface area contributed by atoms with Crippen molar-refractivity contribution in [2.45, 2.75) is 37.8 Å². The zero-order chi connectivity index (χ0) is 22.6. The molecule has 0 saturated heterocycles. The predicted octanol–water partition coefficient (Wildman–Crippen LogP) is 4.25. The van der Waals surface area contributed by atoms with Crippen LogP contribution in [0.5, 0.6) is 0 Å². The highest BCUT2D eigenvalue weighted by atomic mass is 32.2. The molecule has 0 aliphatic heterocycles. The zero-order valence-electron chi connectivity index (χ0n) is 17.8. The SMILES string of the molecule is Cc1ccc(S(=O)(=O)NCc2ccco2)cc1C(=O)Nc1cccc(COCC2CC2)c1. The van der Waals surface area contributed by atoms with Crippen LogP contribution in [0.25, 0.3) is 0 Å². The second-order valence-electron chi connectivity index (χ2n) is 7.99. The third-order valence-corrected chi connectivity index (χ3v) is 6.68. The number of nitrogens with one attached hydrogen (secondary N) is 2. The van der Waals surface area contributed by atoms with Gasteiger partial charge in [0.1, 0.15) is 5.76 Å². The van der Waals surface area contributed by atoms with Crippen molar-refractivity contribution in [2.24, 2.45) is 5.92 Å². The number of amides is 1. The molecule has 8 heteroatoms. The van der Waals surface area contributed by atoms with E-state index in [1.54, 1.807) is 31.2 Å². The number of hydrogen-bond donors (Lipinski definition) is 2. The van der Waals surface area contributed by atoms with Crippen molar-refractivity contribution in [3.63, 3.8) is 0 Å². The second-order valence-corrected chi connectivity index (χ2v) is 9.76. The molecular formula is C24H26N2O5S. The molecule has 0 bridgehead atoms. The Bertz CT molecular complexity index is 1180. The van der Waals surface area contributed by atoms with E-state index in [0.717, 1.165) is 12.2 Å². The molecule has 1 amide bonds. The Kier molecular flexibility index (Phi) is 6.74. The first-order valence-corrected chi connectivity index (χ1v) is 12.0. The number of anilines is 1. The molecule has 1 saturated carbocycles. The molecule has 168 valence electrons. The number of sulfonamides is 1. The van der Waals surface area contributed by atoms with Gasteiger partial charge in [-0.15, -0.1) is 0 Å². The van der Waals surface area contributed by atoms with Crippen LogP contribution in [-0.4, -0.2) is 20.9 Å². The average Bonchev–Trinajstić information content (AvgIpc) is 3.44. The van der Waals surface area contributed by atoms with E-state index in [1.807, 2.05) is 18.2 Å². The van der Waals surface area contributed by atoms with Crippen molar-refractivity contribution in [1.82, 2.24) is 4.72 Å². The van der Waals surface area contributed by atoms with Crippen LogP contribution >= 0.6 is 0 Å². The van der Waals surface area contributed by atoms with Crippen molar-refractivity contribution < 1.29 is 22.4 Å². The Balaban J connectivity index is 1.44. The summed E-state index contributed by atoms with van der Waals surface area (Å²) in [5, 5.41) is 2.86. The molecule has 0 unspecified atom stereocenters. The number of benzene rings is 2. The lowest BCUT2D eigenvalue weighted by Gasteiger charge is -2.12. The van der Waals surface area contributed by atoms with Crippen LogP contribution in [0.4, 0.5) is 5.69 Å². The normalized spacial score (nSPS) is 13.8. The maximum atomic E-state index is 12.9. The van der Waals surface area contributed by atoms with Gasteiger partial charge < -0.3 is 14.5 Å².